The highest BCUT2D eigenvalue weighted by atomic mass is 16.3. The Morgan fingerprint density at radius 2 is 2.14 bits per heavy atom. The maximum Gasteiger partial charge on any atom is 0.120 e. The molecule has 0 bridgehead atoms. The highest BCUT2D eigenvalue weighted by Gasteiger charge is 2.09. The maximum atomic E-state index is 9.59. The van der Waals surface area contributed by atoms with Gasteiger partial charge in [0.05, 0.1) is 0 Å². The van der Waals surface area contributed by atoms with Gasteiger partial charge >= 0.3 is 0 Å². The fourth-order valence-corrected chi connectivity index (χ4v) is 1.46. The highest BCUT2D eigenvalue weighted by molar-refractivity contribution is 5.37. The molecule has 1 aromatic rings. The normalized spacial score (nSPS) is 12.8. The quantitative estimate of drug-likeness (QED) is 0.679. The summed E-state index contributed by atoms with van der Waals surface area (Å²) in [6.45, 7) is 2.62. The van der Waals surface area contributed by atoms with Crippen LogP contribution < -0.4 is 11.5 Å². The first kappa shape index (κ1) is 11.0. The monoisotopic (exact) mass is 194 g/mol. The van der Waals surface area contributed by atoms with Crippen molar-refractivity contribution in [3.63, 3.8) is 0 Å². The van der Waals surface area contributed by atoms with Gasteiger partial charge < -0.3 is 16.6 Å². The van der Waals surface area contributed by atoms with Crippen LogP contribution in [0, 0.1) is 6.92 Å². The summed E-state index contributed by atoms with van der Waals surface area (Å²) >= 11 is 0. The molecular formula is C11H18N2O. The van der Waals surface area contributed by atoms with Gasteiger partial charge in [-0.25, -0.2) is 0 Å². The summed E-state index contributed by atoms with van der Waals surface area (Å²) in [5.41, 5.74) is 13.3. The lowest BCUT2D eigenvalue weighted by Crippen LogP contribution is -2.12. The van der Waals surface area contributed by atoms with E-state index in [-0.39, 0.29) is 11.8 Å². The van der Waals surface area contributed by atoms with Gasteiger partial charge in [-0.15, -0.1) is 0 Å². The lowest BCUT2D eigenvalue weighted by molar-refractivity contribution is 0.457. The molecule has 0 saturated carbocycles. The van der Waals surface area contributed by atoms with Crippen LogP contribution in [0.2, 0.25) is 0 Å². The number of nitrogens with two attached hydrogens (primary N) is 2. The lowest BCUT2D eigenvalue weighted by Gasteiger charge is -2.13. The van der Waals surface area contributed by atoms with Crippen molar-refractivity contribution >= 4 is 0 Å². The Morgan fingerprint density at radius 3 is 2.79 bits per heavy atom. The van der Waals surface area contributed by atoms with Gasteiger partial charge in [0.25, 0.3) is 0 Å². The molecule has 0 aliphatic carbocycles. The number of benzene rings is 1. The van der Waals surface area contributed by atoms with E-state index in [1.54, 1.807) is 6.07 Å². The van der Waals surface area contributed by atoms with Gasteiger partial charge in [-0.1, -0.05) is 17.7 Å². The first-order chi connectivity index (χ1) is 6.65. The van der Waals surface area contributed by atoms with Gasteiger partial charge in [0.15, 0.2) is 0 Å². The van der Waals surface area contributed by atoms with Gasteiger partial charge in [-0.2, -0.15) is 0 Å². The summed E-state index contributed by atoms with van der Waals surface area (Å²) in [5, 5.41) is 9.59. The lowest BCUT2D eigenvalue weighted by atomic mass is 10.00. The number of phenolic OH excluding ortho intramolecular Hbond substituents is 1. The third-order valence-electron chi connectivity index (χ3n) is 2.30. The molecule has 3 heteroatoms. The molecule has 5 N–H and O–H groups in total. The summed E-state index contributed by atoms with van der Waals surface area (Å²) in [7, 11) is 0. The van der Waals surface area contributed by atoms with Crippen molar-refractivity contribution in [3.8, 4) is 5.75 Å². The standard InChI is InChI=1S/C11H18N2O/c1-8-4-5-11(14)9(7-8)10(13)3-2-6-12/h4-5,7,10,14H,2-3,6,12-13H2,1H3/t10-/m0/s1. The first-order valence-corrected chi connectivity index (χ1v) is 4.90. The topological polar surface area (TPSA) is 72.3 Å². The summed E-state index contributed by atoms with van der Waals surface area (Å²) < 4.78 is 0. The Kier molecular flexibility index (Phi) is 3.92. The van der Waals surface area contributed by atoms with E-state index in [9.17, 15) is 5.11 Å². The molecule has 0 spiro atoms. The molecule has 1 atom stereocenters. The number of aromatic hydroxyl groups is 1. The van der Waals surface area contributed by atoms with Crippen LogP contribution in [0.25, 0.3) is 0 Å². The SMILES string of the molecule is Cc1ccc(O)c([C@@H](N)CCCN)c1. The largest absolute Gasteiger partial charge is 0.508 e. The second-order valence-corrected chi connectivity index (χ2v) is 3.60. The second-order valence-electron chi connectivity index (χ2n) is 3.60. The predicted molar refractivity (Wildman–Crippen MR) is 58.1 cm³/mol. The molecule has 78 valence electrons. The van der Waals surface area contributed by atoms with E-state index in [0.29, 0.717) is 6.54 Å². The molecule has 0 aliphatic heterocycles. The minimum absolute atomic E-state index is 0.113. The molecule has 1 rings (SSSR count). The number of phenols is 1. The number of rotatable bonds is 4. The Hall–Kier alpha value is -1.06. The molecule has 14 heavy (non-hydrogen) atoms. The zero-order valence-corrected chi connectivity index (χ0v) is 8.53. The average molecular weight is 194 g/mol. The van der Waals surface area contributed by atoms with E-state index in [1.165, 1.54) is 0 Å². The van der Waals surface area contributed by atoms with Crippen molar-refractivity contribution in [1.29, 1.82) is 0 Å². The minimum atomic E-state index is -0.113. The van der Waals surface area contributed by atoms with Gasteiger partial charge in [-0.05, 0) is 32.4 Å². The first-order valence-electron chi connectivity index (χ1n) is 4.90. The minimum Gasteiger partial charge on any atom is -0.508 e. The molecule has 0 fully saturated rings. The molecule has 0 heterocycles. The second kappa shape index (κ2) is 4.98. The molecule has 0 amide bonds. The fourth-order valence-electron chi connectivity index (χ4n) is 1.46. The Morgan fingerprint density at radius 1 is 1.43 bits per heavy atom. The Labute approximate surface area is 84.7 Å². The summed E-state index contributed by atoms with van der Waals surface area (Å²) in [6, 6.07) is 5.37. The average Bonchev–Trinajstić information content (AvgIpc) is 2.18. The fraction of sp³-hybridized carbons (Fsp3) is 0.455. The maximum absolute atomic E-state index is 9.59. The van der Waals surface area contributed by atoms with Gasteiger partial charge in [0.2, 0.25) is 0 Å². The molecule has 0 aromatic heterocycles. The Balaban J connectivity index is 2.77. The number of hydrogen-bond donors (Lipinski definition) is 3. The molecule has 1 aromatic carbocycles. The third kappa shape index (κ3) is 2.72. The molecular weight excluding hydrogens is 176 g/mol. The van der Waals surface area contributed by atoms with Crippen molar-refractivity contribution in [1.82, 2.24) is 0 Å². The smallest absolute Gasteiger partial charge is 0.120 e. The van der Waals surface area contributed by atoms with Crippen molar-refractivity contribution < 1.29 is 5.11 Å². The van der Waals surface area contributed by atoms with Crippen LogP contribution in [0.1, 0.15) is 30.0 Å². The van der Waals surface area contributed by atoms with Gasteiger partial charge in [-0.3, -0.25) is 0 Å². The van der Waals surface area contributed by atoms with E-state index in [2.05, 4.69) is 0 Å². The van der Waals surface area contributed by atoms with Crippen molar-refractivity contribution in [3.05, 3.63) is 29.3 Å². The van der Waals surface area contributed by atoms with Crippen LogP contribution in [0.15, 0.2) is 18.2 Å². The van der Waals surface area contributed by atoms with Gasteiger partial charge in [0, 0.05) is 11.6 Å². The van der Waals surface area contributed by atoms with Crippen LogP contribution in [0.5, 0.6) is 5.75 Å². The van der Waals surface area contributed by atoms with E-state index < -0.39 is 0 Å². The molecule has 3 nitrogen and oxygen atoms in total. The van der Waals surface area contributed by atoms with Crippen LogP contribution in [-0.4, -0.2) is 11.7 Å². The number of hydrogen-bond acceptors (Lipinski definition) is 3. The Bertz CT molecular complexity index is 299. The summed E-state index contributed by atoms with van der Waals surface area (Å²) in [6.07, 6.45) is 1.70. The van der Waals surface area contributed by atoms with Crippen molar-refractivity contribution in [2.45, 2.75) is 25.8 Å². The van der Waals surface area contributed by atoms with E-state index in [1.807, 2.05) is 19.1 Å². The summed E-state index contributed by atoms with van der Waals surface area (Å²) in [4.78, 5) is 0. The van der Waals surface area contributed by atoms with E-state index in [4.69, 9.17) is 11.5 Å². The molecule has 0 saturated heterocycles. The number of aryl methyl sites for hydroxylation is 1. The summed E-state index contributed by atoms with van der Waals surface area (Å²) in [5.74, 6) is 0.278. The van der Waals surface area contributed by atoms with E-state index >= 15 is 0 Å². The zero-order valence-electron chi connectivity index (χ0n) is 8.53. The molecule has 0 unspecified atom stereocenters. The third-order valence-corrected chi connectivity index (χ3v) is 2.30. The highest BCUT2D eigenvalue weighted by Crippen LogP contribution is 2.26. The zero-order chi connectivity index (χ0) is 10.6. The van der Waals surface area contributed by atoms with Gasteiger partial charge in [0.1, 0.15) is 5.75 Å². The van der Waals surface area contributed by atoms with Crippen LogP contribution >= 0.6 is 0 Å². The van der Waals surface area contributed by atoms with Crippen molar-refractivity contribution in [2.75, 3.05) is 6.54 Å². The van der Waals surface area contributed by atoms with Crippen molar-refractivity contribution in [2.24, 2.45) is 11.5 Å². The van der Waals surface area contributed by atoms with E-state index in [0.717, 1.165) is 24.0 Å². The van der Waals surface area contributed by atoms with Crippen LogP contribution in [0.4, 0.5) is 0 Å². The molecule has 0 aliphatic rings. The predicted octanol–water partition coefficient (Wildman–Crippen LogP) is 1.44. The van der Waals surface area contributed by atoms with Crippen LogP contribution in [0.3, 0.4) is 0 Å². The van der Waals surface area contributed by atoms with Crippen LogP contribution in [-0.2, 0) is 0 Å². The molecule has 0 radical (unpaired) electrons.